The summed E-state index contributed by atoms with van der Waals surface area (Å²) in [6, 6.07) is 0. The summed E-state index contributed by atoms with van der Waals surface area (Å²) in [6.45, 7) is 2.20. The summed E-state index contributed by atoms with van der Waals surface area (Å²) in [5.74, 6) is 0.683. The molecule has 1 aromatic heterocycles. The summed E-state index contributed by atoms with van der Waals surface area (Å²) in [6.07, 6.45) is 6.57. The first-order valence-electron chi connectivity index (χ1n) is 5.50. The van der Waals surface area contributed by atoms with Crippen molar-refractivity contribution < 1.29 is 9.63 Å². The van der Waals surface area contributed by atoms with Crippen molar-refractivity contribution in [2.75, 3.05) is 19.7 Å². The van der Waals surface area contributed by atoms with E-state index >= 15 is 0 Å². The van der Waals surface area contributed by atoms with Gasteiger partial charge in [-0.15, -0.1) is 0 Å². The Morgan fingerprint density at radius 2 is 2.07 bits per heavy atom. The molecule has 0 atom stereocenters. The molecule has 0 aliphatic carbocycles. The lowest BCUT2D eigenvalue weighted by Crippen LogP contribution is -2.18. The van der Waals surface area contributed by atoms with Gasteiger partial charge in [-0.25, -0.2) is 0 Å². The Kier molecular flexibility index (Phi) is 6.77. The largest absolute Gasteiger partial charge is 0.396 e. The summed E-state index contributed by atoms with van der Waals surface area (Å²) in [4.78, 5) is 3.93. The number of aliphatic hydroxyl groups is 1. The number of hydrogen-bond donors (Lipinski definition) is 2. The van der Waals surface area contributed by atoms with Crippen molar-refractivity contribution in [3.05, 3.63) is 12.2 Å². The molecule has 0 amide bonds. The van der Waals surface area contributed by atoms with Crippen LogP contribution >= 0.6 is 0 Å². The molecular weight excluding hydrogens is 194 g/mol. The van der Waals surface area contributed by atoms with Crippen LogP contribution in [0.15, 0.2) is 10.9 Å². The molecule has 0 aliphatic rings. The lowest BCUT2D eigenvalue weighted by molar-refractivity contribution is 0.282. The lowest BCUT2D eigenvalue weighted by Gasteiger charge is -2.02. The molecule has 0 saturated heterocycles. The van der Waals surface area contributed by atoms with Gasteiger partial charge in [0.15, 0.2) is 6.33 Å². The van der Waals surface area contributed by atoms with E-state index in [2.05, 4.69) is 15.5 Å². The minimum atomic E-state index is 0.310. The fraction of sp³-hybridized carbons (Fsp3) is 0.800. The zero-order valence-corrected chi connectivity index (χ0v) is 8.98. The highest BCUT2D eigenvalue weighted by Crippen LogP contribution is 1.97. The van der Waals surface area contributed by atoms with Crippen molar-refractivity contribution in [3.8, 4) is 0 Å². The Morgan fingerprint density at radius 3 is 2.80 bits per heavy atom. The number of aliphatic hydroxyl groups excluding tert-OH is 1. The fourth-order valence-electron chi connectivity index (χ4n) is 1.34. The van der Waals surface area contributed by atoms with Gasteiger partial charge in [0.1, 0.15) is 0 Å². The molecule has 0 saturated carbocycles. The van der Waals surface area contributed by atoms with Crippen LogP contribution in [0.2, 0.25) is 0 Å². The monoisotopic (exact) mass is 213 g/mol. The number of aromatic nitrogens is 2. The van der Waals surface area contributed by atoms with E-state index in [1.807, 2.05) is 0 Å². The summed E-state index contributed by atoms with van der Waals surface area (Å²) < 4.78 is 4.86. The number of nitrogens with one attached hydrogen (secondary N) is 1. The molecular formula is C10H19N3O2. The highest BCUT2D eigenvalue weighted by Gasteiger charge is 1.97. The maximum Gasteiger partial charge on any atom is 0.227 e. The number of hydrogen-bond acceptors (Lipinski definition) is 5. The maximum atomic E-state index is 8.57. The van der Waals surface area contributed by atoms with Crippen LogP contribution in [0.25, 0.3) is 0 Å². The van der Waals surface area contributed by atoms with E-state index in [9.17, 15) is 0 Å². The molecule has 0 bridgehead atoms. The van der Waals surface area contributed by atoms with Crippen molar-refractivity contribution in [1.82, 2.24) is 15.5 Å². The van der Waals surface area contributed by atoms with Crippen LogP contribution in [0.4, 0.5) is 0 Å². The SMILES string of the molecule is OCCCCCCNCCc1ncno1. The van der Waals surface area contributed by atoms with Gasteiger partial charge < -0.3 is 14.9 Å². The molecule has 0 spiro atoms. The summed E-state index contributed by atoms with van der Waals surface area (Å²) in [5, 5.41) is 15.4. The first-order chi connectivity index (χ1) is 7.43. The van der Waals surface area contributed by atoms with Crippen molar-refractivity contribution in [2.24, 2.45) is 0 Å². The van der Waals surface area contributed by atoms with Crippen LogP contribution < -0.4 is 5.32 Å². The molecule has 0 fully saturated rings. The van der Waals surface area contributed by atoms with Gasteiger partial charge in [0, 0.05) is 19.6 Å². The van der Waals surface area contributed by atoms with Crippen molar-refractivity contribution >= 4 is 0 Å². The molecule has 1 aromatic rings. The Labute approximate surface area is 89.9 Å². The van der Waals surface area contributed by atoms with E-state index in [0.29, 0.717) is 12.5 Å². The number of unbranched alkanes of at least 4 members (excludes halogenated alkanes) is 3. The summed E-state index contributed by atoms with van der Waals surface area (Å²) in [5.41, 5.74) is 0. The van der Waals surface area contributed by atoms with Crippen molar-refractivity contribution in [1.29, 1.82) is 0 Å². The first-order valence-corrected chi connectivity index (χ1v) is 5.50. The molecule has 1 rings (SSSR count). The second-order valence-corrected chi connectivity index (χ2v) is 3.47. The fourth-order valence-corrected chi connectivity index (χ4v) is 1.34. The predicted octanol–water partition coefficient (Wildman–Crippen LogP) is 0.754. The van der Waals surface area contributed by atoms with Gasteiger partial charge >= 0.3 is 0 Å². The van der Waals surface area contributed by atoms with Gasteiger partial charge in [-0.1, -0.05) is 18.0 Å². The zero-order valence-electron chi connectivity index (χ0n) is 8.98. The highest BCUT2D eigenvalue weighted by molar-refractivity contribution is 4.74. The Bertz CT molecular complexity index is 227. The minimum absolute atomic E-state index is 0.310. The van der Waals surface area contributed by atoms with E-state index in [4.69, 9.17) is 9.63 Å². The number of nitrogens with zero attached hydrogens (tertiary/aromatic N) is 2. The first kappa shape index (κ1) is 12.1. The quantitative estimate of drug-likeness (QED) is 0.592. The normalized spacial score (nSPS) is 10.7. The molecule has 15 heavy (non-hydrogen) atoms. The third kappa shape index (κ3) is 6.19. The van der Waals surface area contributed by atoms with Crippen molar-refractivity contribution in [2.45, 2.75) is 32.1 Å². The van der Waals surface area contributed by atoms with Gasteiger partial charge in [-0.2, -0.15) is 4.98 Å². The standard InChI is InChI=1S/C10H19N3O2/c14-8-4-2-1-3-6-11-7-5-10-12-9-13-15-10/h9,11,14H,1-8H2. The van der Waals surface area contributed by atoms with E-state index in [1.54, 1.807) is 0 Å². The third-order valence-corrected chi connectivity index (χ3v) is 2.18. The maximum absolute atomic E-state index is 8.57. The molecule has 0 unspecified atom stereocenters. The van der Waals surface area contributed by atoms with Crippen LogP contribution in [0.3, 0.4) is 0 Å². The average Bonchev–Trinajstić information content (AvgIpc) is 2.75. The smallest absolute Gasteiger partial charge is 0.227 e. The molecule has 5 nitrogen and oxygen atoms in total. The van der Waals surface area contributed by atoms with Crippen LogP contribution in [-0.4, -0.2) is 34.9 Å². The van der Waals surface area contributed by atoms with E-state index in [1.165, 1.54) is 12.7 Å². The summed E-state index contributed by atoms with van der Waals surface area (Å²) >= 11 is 0. The Hall–Kier alpha value is -0.940. The van der Waals surface area contributed by atoms with Crippen molar-refractivity contribution in [3.63, 3.8) is 0 Å². The highest BCUT2D eigenvalue weighted by atomic mass is 16.5. The molecule has 86 valence electrons. The average molecular weight is 213 g/mol. The second kappa shape index (κ2) is 8.38. The molecule has 0 aliphatic heterocycles. The van der Waals surface area contributed by atoms with Gasteiger partial charge in [-0.05, 0) is 19.4 Å². The predicted molar refractivity (Wildman–Crippen MR) is 56.4 cm³/mol. The Morgan fingerprint density at radius 1 is 1.20 bits per heavy atom. The third-order valence-electron chi connectivity index (χ3n) is 2.18. The van der Waals surface area contributed by atoms with E-state index in [0.717, 1.165) is 38.8 Å². The lowest BCUT2D eigenvalue weighted by atomic mass is 10.2. The zero-order chi connectivity index (χ0) is 10.8. The molecule has 0 radical (unpaired) electrons. The van der Waals surface area contributed by atoms with Crippen LogP contribution in [0.5, 0.6) is 0 Å². The van der Waals surface area contributed by atoms with E-state index in [-0.39, 0.29) is 0 Å². The molecule has 0 aromatic carbocycles. The number of rotatable bonds is 9. The second-order valence-electron chi connectivity index (χ2n) is 3.47. The molecule has 5 heteroatoms. The van der Waals surface area contributed by atoms with Crippen LogP contribution in [0.1, 0.15) is 31.6 Å². The van der Waals surface area contributed by atoms with Gasteiger partial charge in [0.05, 0.1) is 0 Å². The van der Waals surface area contributed by atoms with Gasteiger partial charge in [-0.3, -0.25) is 0 Å². The van der Waals surface area contributed by atoms with Gasteiger partial charge in [0.25, 0.3) is 0 Å². The van der Waals surface area contributed by atoms with Gasteiger partial charge in [0.2, 0.25) is 5.89 Å². The van der Waals surface area contributed by atoms with Crippen LogP contribution in [0, 0.1) is 0 Å². The summed E-state index contributed by atoms with van der Waals surface area (Å²) in [7, 11) is 0. The van der Waals surface area contributed by atoms with Crippen LogP contribution in [-0.2, 0) is 6.42 Å². The topological polar surface area (TPSA) is 71.2 Å². The molecule has 1 heterocycles. The van der Waals surface area contributed by atoms with E-state index < -0.39 is 0 Å². The minimum Gasteiger partial charge on any atom is -0.396 e. The Balaban J connectivity index is 1.81. The molecule has 2 N–H and O–H groups in total.